The van der Waals surface area contributed by atoms with Crippen molar-refractivity contribution in [3.05, 3.63) is 24.0 Å². The number of aryl methyl sites for hydroxylation is 1. The Labute approximate surface area is 122 Å². The lowest BCUT2D eigenvalue weighted by molar-refractivity contribution is 0.201. The normalized spacial score (nSPS) is 24.9. The zero-order valence-corrected chi connectivity index (χ0v) is 13.4. The van der Waals surface area contributed by atoms with Gasteiger partial charge >= 0.3 is 0 Å². The number of hydrogen-bond donors (Lipinski definition) is 1. The fourth-order valence-corrected chi connectivity index (χ4v) is 3.80. The van der Waals surface area contributed by atoms with E-state index in [1.807, 2.05) is 19.3 Å². The van der Waals surface area contributed by atoms with Crippen molar-refractivity contribution in [1.82, 2.24) is 14.2 Å². The van der Waals surface area contributed by atoms with Crippen LogP contribution in [-0.4, -0.2) is 42.7 Å². The summed E-state index contributed by atoms with van der Waals surface area (Å²) in [7, 11) is -1.01. The third-order valence-corrected chi connectivity index (χ3v) is 5.56. The van der Waals surface area contributed by atoms with Gasteiger partial charge < -0.3 is 9.88 Å². The van der Waals surface area contributed by atoms with Crippen molar-refractivity contribution in [2.24, 2.45) is 13.0 Å². The van der Waals surface area contributed by atoms with Gasteiger partial charge in [0.2, 0.25) is 10.0 Å². The maximum Gasteiger partial charge on any atom is 0.211 e. The van der Waals surface area contributed by atoms with Crippen molar-refractivity contribution in [2.75, 3.05) is 19.3 Å². The lowest BCUT2D eigenvalue weighted by atomic mass is 9.91. The van der Waals surface area contributed by atoms with Crippen molar-refractivity contribution >= 4 is 10.0 Å². The summed E-state index contributed by atoms with van der Waals surface area (Å²) in [6, 6.07) is 4.55. The minimum absolute atomic E-state index is 0.388. The lowest BCUT2D eigenvalue weighted by Crippen LogP contribution is -2.50. The maximum atomic E-state index is 11.6. The largest absolute Gasteiger partial charge is 0.353 e. The van der Waals surface area contributed by atoms with Crippen LogP contribution >= 0.6 is 0 Å². The Morgan fingerprint density at radius 1 is 1.45 bits per heavy atom. The number of piperidine rings is 1. The molecule has 0 amide bonds. The van der Waals surface area contributed by atoms with Crippen LogP contribution in [0.4, 0.5) is 0 Å². The first-order chi connectivity index (χ1) is 9.41. The van der Waals surface area contributed by atoms with E-state index in [0.717, 1.165) is 19.4 Å². The summed E-state index contributed by atoms with van der Waals surface area (Å²) in [4.78, 5) is 0. The quantitative estimate of drug-likeness (QED) is 0.888. The van der Waals surface area contributed by atoms with Gasteiger partial charge in [-0.1, -0.05) is 13.3 Å². The summed E-state index contributed by atoms with van der Waals surface area (Å²) in [6.45, 7) is 4.23. The summed E-state index contributed by atoms with van der Waals surface area (Å²) in [5.74, 6) is 0.388. The summed E-state index contributed by atoms with van der Waals surface area (Å²) in [6.07, 6.45) is 5.23. The zero-order chi connectivity index (χ0) is 14.8. The number of aromatic nitrogens is 1. The van der Waals surface area contributed by atoms with Gasteiger partial charge in [0, 0.05) is 44.6 Å². The summed E-state index contributed by atoms with van der Waals surface area (Å²) in [5, 5.41) is 3.60. The molecule has 0 bridgehead atoms. The number of sulfonamides is 1. The molecule has 2 atom stereocenters. The molecule has 1 aliphatic rings. The van der Waals surface area contributed by atoms with Crippen LogP contribution in [0.1, 0.15) is 25.5 Å². The van der Waals surface area contributed by atoms with E-state index in [1.54, 1.807) is 4.31 Å². The minimum atomic E-state index is -3.06. The zero-order valence-electron chi connectivity index (χ0n) is 12.5. The Balaban J connectivity index is 1.94. The van der Waals surface area contributed by atoms with Crippen LogP contribution in [0.5, 0.6) is 0 Å². The third-order valence-electron chi connectivity index (χ3n) is 4.29. The van der Waals surface area contributed by atoms with Gasteiger partial charge in [-0.3, -0.25) is 0 Å². The predicted octanol–water partition coefficient (Wildman–Crippen LogP) is 1.17. The molecule has 0 saturated carbocycles. The summed E-state index contributed by atoms with van der Waals surface area (Å²) < 4.78 is 27.0. The standard InChI is InChI=1S/C14H25N3O2S/c1-4-12-11-17(20(3,18)19)9-7-14(12)15-10-13-6-5-8-16(13)2/h5-6,8,12,14-15H,4,7,9-11H2,1-3H3/t12-,14-/m1/s1. The number of nitrogens with zero attached hydrogens (tertiary/aromatic N) is 2. The molecule has 2 heterocycles. The van der Waals surface area contributed by atoms with Crippen LogP contribution in [0.2, 0.25) is 0 Å². The lowest BCUT2D eigenvalue weighted by Gasteiger charge is -2.37. The molecule has 0 radical (unpaired) electrons. The molecule has 1 N–H and O–H groups in total. The van der Waals surface area contributed by atoms with Crippen molar-refractivity contribution in [3.8, 4) is 0 Å². The second-order valence-corrected chi connectivity index (χ2v) is 7.66. The van der Waals surface area contributed by atoms with E-state index in [4.69, 9.17) is 0 Å². The molecule has 6 heteroatoms. The fraction of sp³-hybridized carbons (Fsp3) is 0.714. The first-order valence-corrected chi connectivity index (χ1v) is 9.05. The van der Waals surface area contributed by atoms with Crippen LogP contribution < -0.4 is 5.32 Å². The Hall–Kier alpha value is -0.850. The molecule has 0 spiro atoms. The Kier molecular flexibility index (Phi) is 4.88. The molecule has 0 aliphatic carbocycles. The Morgan fingerprint density at radius 3 is 2.75 bits per heavy atom. The summed E-state index contributed by atoms with van der Waals surface area (Å²) in [5.41, 5.74) is 1.25. The van der Waals surface area contributed by atoms with E-state index in [1.165, 1.54) is 11.9 Å². The highest BCUT2D eigenvalue weighted by Crippen LogP contribution is 2.22. The molecule has 114 valence electrons. The molecule has 5 nitrogen and oxygen atoms in total. The van der Waals surface area contributed by atoms with Gasteiger partial charge in [-0.25, -0.2) is 12.7 Å². The van der Waals surface area contributed by atoms with Crippen LogP contribution in [0, 0.1) is 5.92 Å². The second-order valence-electron chi connectivity index (χ2n) is 5.68. The average Bonchev–Trinajstić information content (AvgIpc) is 2.80. The topological polar surface area (TPSA) is 54.3 Å². The molecule has 1 aromatic rings. The minimum Gasteiger partial charge on any atom is -0.353 e. The molecule has 1 aliphatic heterocycles. The molecule has 1 aromatic heterocycles. The highest BCUT2D eigenvalue weighted by molar-refractivity contribution is 7.88. The molecule has 0 unspecified atom stereocenters. The predicted molar refractivity (Wildman–Crippen MR) is 80.9 cm³/mol. The molecule has 0 aromatic carbocycles. The molecule has 1 saturated heterocycles. The fourth-order valence-electron chi connectivity index (χ4n) is 2.90. The number of rotatable bonds is 5. The number of hydrogen-bond acceptors (Lipinski definition) is 3. The smallest absolute Gasteiger partial charge is 0.211 e. The van der Waals surface area contributed by atoms with Gasteiger partial charge in [0.25, 0.3) is 0 Å². The van der Waals surface area contributed by atoms with Gasteiger partial charge in [-0.15, -0.1) is 0 Å². The highest BCUT2D eigenvalue weighted by atomic mass is 32.2. The van der Waals surface area contributed by atoms with Crippen molar-refractivity contribution in [1.29, 1.82) is 0 Å². The van der Waals surface area contributed by atoms with E-state index in [0.29, 0.717) is 25.0 Å². The SMILES string of the molecule is CC[C@@H]1CN(S(C)(=O)=O)CC[C@H]1NCc1cccn1C. The van der Waals surface area contributed by atoms with Crippen LogP contribution in [0.15, 0.2) is 18.3 Å². The Morgan fingerprint density at radius 2 is 2.20 bits per heavy atom. The van der Waals surface area contributed by atoms with E-state index in [2.05, 4.69) is 22.9 Å². The van der Waals surface area contributed by atoms with Crippen LogP contribution in [0.25, 0.3) is 0 Å². The van der Waals surface area contributed by atoms with Crippen molar-refractivity contribution in [2.45, 2.75) is 32.4 Å². The van der Waals surface area contributed by atoms with E-state index < -0.39 is 10.0 Å². The molecule has 20 heavy (non-hydrogen) atoms. The second kappa shape index (κ2) is 6.28. The number of nitrogens with one attached hydrogen (secondary N) is 1. The third kappa shape index (κ3) is 3.62. The van der Waals surface area contributed by atoms with E-state index >= 15 is 0 Å². The van der Waals surface area contributed by atoms with Crippen molar-refractivity contribution < 1.29 is 8.42 Å². The van der Waals surface area contributed by atoms with Gasteiger partial charge in [0.05, 0.1) is 6.26 Å². The average molecular weight is 299 g/mol. The molecular formula is C14H25N3O2S. The van der Waals surface area contributed by atoms with Crippen LogP contribution in [0.3, 0.4) is 0 Å². The Bertz CT molecular complexity index is 538. The van der Waals surface area contributed by atoms with E-state index in [9.17, 15) is 8.42 Å². The van der Waals surface area contributed by atoms with Gasteiger partial charge in [0.15, 0.2) is 0 Å². The first kappa shape index (κ1) is 15.5. The molecular weight excluding hydrogens is 274 g/mol. The monoisotopic (exact) mass is 299 g/mol. The summed E-state index contributed by atoms with van der Waals surface area (Å²) >= 11 is 0. The highest BCUT2D eigenvalue weighted by Gasteiger charge is 2.31. The molecule has 1 fully saturated rings. The first-order valence-electron chi connectivity index (χ1n) is 7.20. The van der Waals surface area contributed by atoms with Gasteiger partial charge in [0.1, 0.15) is 0 Å². The van der Waals surface area contributed by atoms with Crippen molar-refractivity contribution in [3.63, 3.8) is 0 Å². The van der Waals surface area contributed by atoms with Gasteiger partial charge in [-0.2, -0.15) is 0 Å². The van der Waals surface area contributed by atoms with Crippen LogP contribution in [-0.2, 0) is 23.6 Å². The molecule has 2 rings (SSSR count). The maximum absolute atomic E-state index is 11.6. The van der Waals surface area contributed by atoms with E-state index in [-0.39, 0.29) is 0 Å². The van der Waals surface area contributed by atoms with Gasteiger partial charge in [-0.05, 0) is 24.5 Å².